The third-order valence-corrected chi connectivity index (χ3v) is 4.47. The Balaban J connectivity index is 1.89. The summed E-state index contributed by atoms with van der Waals surface area (Å²) in [5.74, 6) is -1.64. The molecule has 0 aromatic heterocycles. The zero-order valence-corrected chi connectivity index (χ0v) is 12.9. The molecule has 118 valence electrons. The van der Waals surface area contributed by atoms with Crippen LogP contribution in [0.1, 0.15) is 31.4 Å². The number of piperazine rings is 1. The van der Waals surface area contributed by atoms with Gasteiger partial charge in [0.2, 0.25) is 0 Å². The first-order chi connectivity index (χ1) is 10.0. The summed E-state index contributed by atoms with van der Waals surface area (Å²) >= 11 is 0. The van der Waals surface area contributed by atoms with E-state index in [1.807, 2.05) is 0 Å². The van der Waals surface area contributed by atoms with Crippen molar-refractivity contribution >= 4 is 0 Å². The van der Waals surface area contributed by atoms with Crippen molar-refractivity contribution in [2.24, 2.45) is 5.73 Å². The molecule has 2 rings (SSSR count). The van der Waals surface area contributed by atoms with E-state index in [4.69, 9.17) is 5.73 Å². The lowest BCUT2D eigenvalue weighted by molar-refractivity contribution is 0.0910. The largest absolute Gasteiger partial charge is 0.324 e. The maximum atomic E-state index is 13.7. The summed E-state index contributed by atoms with van der Waals surface area (Å²) in [6.07, 6.45) is 1.76. The van der Waals surface area contributed by atoms with E-state index in [9.17, 15) is 8.78 Å². The van der Waals surface area contributed by atoms with Crippen LogP contribution in [0, 0.1) is 11.6 Å². The summed E-state index contributed by atoms with van der Waals surface area (Å²) in [7, 11) is 2.15. The standard InChI is InChI=1S/C16H25F2N3/c1-3-12-11-21(10-9-20(12)2)8-7-15(19)13-5-4-6-14(17)16(13)18/h4-6,12,15H,3,7-11,19H2,1-2H3. The van der Waals surface area contributed by atoms with Crippen LogP contribution in [0.3, 0.4) is 0 Å². The molecule has 0 saturated carbocycles. The Hall–Kier alpha value is -1.04. The predicted octanol–water partition coefficient (Wildman–Crippen LogP) is 2.38. The number of rotatable bonds is 5. The van der Waals surface area contributed by atoms with Gasteiger partial charge in [-0.05, 0) is 26.0 Å². The lowest BCUT2D eigenvalue weighted by Gasteiger charge is -2.39. The van der Waals surface area contributed by atoms with Crippen LogP contribution in [0.25, 0.3) is 0 Å². The number of hydrogen-bond donors (Lipinski definition) is 1. The minimum absolute atomic E-state index is 0.274. The Labute approximate surface area is 125 Å². The molecule has 2 N–H and O–H groups in total. The minimum atomic E-state index is -0.825. The minimum Gasteiger partial charge on any atom is -0.324 e. The molecule has 2 unspecified atom stereocenters. The molecule has 0 aliphatic carbocycles. The lowest BCUT2D eigenvalue weighted by atomic mass is 10.0. The van der Waals surface area contributed by atoms with E-state index < -0.39 is 17.7 Å². The number of nitrogens with two attached hydrogens (primary N) is 1. The van der Waals surface area contributed by atoms with Gasteiger partial charge >= 0.3 is 0 Å². The highest BCUT2D eigenvalue weighted by atomic mass is 19.2. The van der Waals surface area contributed by atoms with Crippen LogP contribution in [-0.4, -0.2) is 49.1 Å². The van der Waals surface area contributed by atoms with Crippen LogP contribution in [0.2, 0.25) is 0 Å². The van der Waals surface area contributed by atoms with Gasteiger partial charge in [0.1, 0.15) is 0 Å². The highest BCUT2D eigenvalue weighted by Crippen LogP contribution is 2.21. The van der Waals surface area contributed by atoms with Gasteiger partial charge in [0.05, 0.1) is 0 Å². The molecule has 1 heterocycles. The van der Waals surface area contributed by atoms with E-state index in [0.717, 1.165) is 38.7 Å². The highest BCUT2D eigenvalue weighted by Gasteiger charge is 2.23. The molecule has 21 heavy (non-hydrogen) atoms. The molecule has 1 fully saturated rings. The van der Waals surface area contributed by atoms with E-state index in [2.05, 4.69) is 23.8 Å². The van der Waals surface area contributed by atoms with Gasteiger partial charge in [0.15, 0.2) is 11.6 Å². The highest BCUT2D eigenvalue weighted by molar-refractivity contribution is 5.22. The Morgan fingerprint density at radius 2 is 2.10 bits per heavy atom. The zero-order chi connectivity index (χ0) is 15.4. The first-order valence-electron chi connectivity index (χ1n) is 7.65. The molecule has 0 radical (unpaired) electrons. The van der Waals surface area contributed by atoms with Gasteiger partial charge in [-0.3, -0.25) is 0 Å². The van der Waals surface area contributed by atoms with Crippen molar-refractivity contribution in [3.8, 4) is 0 Å². The van der Waals surface area contributed by atoms with E-state index >= 15 is 0 Å². The van der Waals surface area contributed by atoms with Crippen molar-refractivity contribution in [2.75, 3.05) is 33.2 Å². The summed E-state index contributed by atoms with van der Waals surface area (Å²) in [6.45, 7) is 6.08. The topological polar surface area (TPSA) is 32.5 Å². The molecule has 5 heteroatoms. The van der Waals surface area contributed by atoms with Crippen molar-refractivity contribution in [3.63, 3.8) is 0 Å². The third kappa shape index (κ3) is 3.99. The molecule has 0 bridgehead atoms. The second-order valence-corrected chi connectivity index (χ2v) is 5.88. The Bertz CT molecular complexity index is 467. The van der Waals surface area contributed by atoms with Crippen molar-refractivity contribution in [2.45, 2.75) is 31.8 Å². The summed E-state index contributed by atoms with van der Waals surface area (Å²) in [5, 5.41) is 0. The van der Waals surface area contributed by atoms with E-state index in [0.29, 0.717) is 12.5 Å². The fourth-order valence-corrected chi connectivity index (χ4v) is 2.94. The zero-order valence-electron chi connectivity index (χ0n) is 12.9. The summed E-state index contributed by atoms with van der Waals surface area (Å²) in [4.78, 5) is 4.74. The van der Waals surface area contributed by atoms with Gasteiger partial charge in [-0.25, -0.2) is 8.78 Å². The van der Waals surface area contributed by atoms with E-state index in [1.165, 1.54) is 6.07 Å². The molecule has 3 nitrogen and oxygen atoms in total. The monoisotopic (exact) mass is 297 g/mol. The molecule has 1 aromatic rings. The summed E-state index contributed by atoms with van der Waals surface area (Å²) in [5.41, 5.74) is 6.31. The van der Waals surface area contributed by atoms with Crippen molar-refractivity contribution < 1.29 is 8.78 Å². The molecule has 0 amide bonds. The Kier molecular flexibility index (Phi) is 5.67. The van der Waals surface area contributed by atoms with Gasteiger partial charge < -0.3 is 15.5 Å². The maximum absolute atomic E-state index is 13.7. The molecular weight excluding hydrogens is 272 g/mol. The first-order valence-corrected chi connectivity index (χ1v) is 7.65. The number of nitrogens with zero attached hydrogens (tertiary/aromatic N) is 2. The lowest BCUT2D eigenvalue weighted by Crippen LogP contribution is -2.51. The average molecular weight is 297 g/mol. The van der Waals surface area contributed by atoms with Crippen LogP contribution in [-0.2, 0) is 0 Å². The SMILES string of the molecule is CCC1CN(CCC(N)c2cccc(F)c2F)CCN1C. The smallest absolute Gasteiger partial charge is 0.163 e. The fraction of sp³-hybridized carbons (Fsp3) is 0.625. The summed E-state index contributed by atoms with van der Waals surface area (Å²) in [6, 6.07) is 4.32. The first kappa shape index (κ1) is 16.3. The molecule has 1 aliphatic heterocycles. The van der Waals surface area contributed by atoms with Gasteiger partial charge in [-0.2, -0.15) is 0 Å². The van der Waals surface area contributed by atoms with Gasteiger partial charge in [-0.15, -0.1) is 0 Å². The maximum Gasteiger partial charge on any atom is 0.163 e. The van der Waals surface area contributed by atoms with Crippen molar-refractivity contribution in [3.05, 3.63) is 35.4 Å². The van der Waals surface area contributed by atoms with Crippen LogP contribution in [0.15, 0.2) is 18.2 Å². The van der Waals surface area contributed by atoms with E-state index in [-0.39, 0.29) is 5.56 Å². The molecule has 1 aromatic carbocycles. The second kappa shape index (κ2) is 7.29. The average Bonchev–Trinajstić information content (AvgIpc) is 2.49. The number of halogens is 2. The number of hydrogen-bond acceptors (Lipinski definition) is 3. The van der Waals surface area contributed by atoms with Gasteiger partial charge in [0, 0.05) is 43.8 Å². The fourth-order valence-electron chi connectivity index (χ4n) is 2.94. The normalized spacial score (nSPS) is 22.4. The van der Waals surface area contributed by atoms with Crippen molar-refractivity contribution in [1.82, 2.24) is 9.80 Å². The Morgan fingerprint density at radius 3 is 2.81 bits per heavy atom. The number of benzene rings is 1. The van der Waals surface area contributed by atoms with Crippen molar-refractivity contribution in [1.29, 1.82) is 0 Å². The molecule has 1 aliphatic rings. The molecule has 2 atom stereocenters. The molecular formula is C16H25F2N3. The Morgan fingerprint density at radius 1 is 1.33 bits per heavy atom. The van der Waals surface area contributed by atoms with E-state index in [1.54, 1.807) is 6.07 Å². The quantitative estimate of drug-likeness (QED) is 0.906. The van der Waals surface area contributed by atoms with Crippen LogP contribution >= 0.6 is 0 Å². The van der Waals surface area contributed by atoms with Crippen LogP contribution < -0.4 is 5.73 Å². The number of likely N-dealkylation sites (N-methyl/N-ethyl adjacent to an activating group) is 1. The summed E-state index contributed by atoms with van der Waals surface area (Å²) < 4.78 is 26.9. The predicted molar refractivity (Wildman–Crippen MR) is 81.1 cm³/mol. The van der Waals surface area contributed by atoms with Crippen LogP contribution in [0.5, 0.6) is 0 Å². The van der Waals surface area contributed by atoms with Gasteiger partial charge in [0.25, 0.3) is 0 Å². The second-order valence-electron chi connectivity index (χ2n) is 5.88. The molecule has 0 spiro atoms. The third-order valence-electron chi connectivity index (χ3n) is 4.47. The molecule has 1 saturated heterocycles. The van der Waals surface area contributed by atoms with Gasteiger partial charge in [-0.1, -0.05) is 19.1 Å². The van der Waals surface area contributed by atoms with Crippen LogP contribution in [0.4, 0.5) is 8.78 Å².